The standard InChI is InChI=1S/C16H17F3N4O2/c1-9(2)20-13(24)8-7-12-15(25)21-14(23-22-12)10-3-5-11(6-4-10)16(17,18)19/h3-6,9H,7-8H2,1-2H3,(H,20,24)(H,21,23,25). The number of carbonyl (C=O) groups is 1. The second-order valence-electron chi connectivity index (χ2n) is 5.75. The van der Waals surface area contributed by atoms with Crippen LogP contribution in [-0.2, 0) is 17.4 Å². The minimum atomic E-state index is -4.43. The number of aryl methyl sites for hydroxylation is 1. The van der Waals surface area contributed by atoms with E-state index < -0.39 is 17.3 Å². The molecule has 0 spiro atoms. The molecule has 0 atom stereocenters. The van der Waals surface area contributed by atoms with E-state index in [-0.39, 0.29) is 36.3 Å². The first-order valence-corrected chi connectivity index (χ1v) is 7.59. The third kappa shape index (κ3) is 5.13. The van der Waals surface area contributed by atoms with Crippen molar-refractivity contribution in [3.63, 3.8) is 0 Å². The van der Waals surface area contributed by atoms with E-state index in [4.69, 9.17) is 0 Å². The van der Waals surface area contributed by atoms with Crippen LogP contribution in [0.25, 0.3) is 11.4 Å². The van der Waals surface area contributed by atoms with Gasteiger partial charge in [0.1, 0.15) is 5.69 Å². The number of hydrogen-bond donors (Lipinski definition) is 2. The molecule has 0 saturated heterocycles. The van der Waals surface area contributed by atoms with Crippen LogP contribution in [0.1, 0.15) is 31.5 Å². The first kappa shape index (κ1) is 18.6. The third-order valence-electron chi connectivity index (χ3n) is 3.29. The van der Waals surface area contributed by atoms with Crippen LogP contribution < -0.4 is 10.9 Å². The van der Waals surface area contributed by atoms with Crippen molar-refractivity contribution < 1.29 is 18.0 Å². The number of nitrogens with zero attached hydrogens (tertiary/aromatic N) is 2. The molecule has 2 rings (SSSR count). The molecule has 0 saturated carbocycles. The van der Waals surface area contributed by atoms with Crippen molar-refractivity contribution in [2.45, 2.75) is 38.9 Å². The molecular formula is C16H17F3N4O2. The number of H-pyrrole nitrogens is 1. The van der Waals surface area contributed by atoms with E-state index in [2.05, 4.69) is 20.5 Å². The second-order valence-corrected chi connectivity index (χ2v) is 5.75. The number of aromatic nitrogens is 3. The van der Waals surface area contributed by atoms with E-state index in [9.17, 15) is 22.8 Å². The van der Waals surface area contributed by atoms with Gasteiger partial charge in [0.2, 0.25) is 5.91 Å². The number of amides is 1. The zero-order valence-corrected chi connectivity index (χ0v) is 13.6. The fourth-order valence-corrected chi connectivity index (χ4v) is 2.10. The van der Waals surface area contributed by atoms with Crippen LogP contribution in [0.4, 0.5) is 13.2 Å². The van der Waals surface area contributed by atoms with Crippen molar-refractivity contribution in [1.29, 1.82) is 0 Å². The lowest BCUT2D eigenvalue weighted by Gasteiger charge is -2.08. The van der Waals surface area contributed by atoms with Crippen LogP contribution >= 0.6 is 0 Å². The number of carbonyl (C=O) groups excluding carboxylic acids is 1. The van der Waals surface area contributed by atoms with Gasteiger partial charge in [0.05, 0.1) is 5.56 Å². The Kier molecular flexibility index (Phi) is 5.55. The van der Waals surface area contributed by atoms with Gasteiger partial charge in [-0.3, -0.25) is 9.59 Å². The van der Waals surface area contributed by atoms with Gasteiger partial charge in [-0.05, 0) is 26.0 Å². The Bertz CT molecular complexity index is 798. The summed E-state index contributed by atoms with van der Waals surface area (Å²) in [5.74, 6) is -0.142. The predicted molar refractivity (Wildman–Crippen MR) is 84.7 cm³/mol. The minimum absolute atomic E-state index is 0.00100. The maximum Gasteiger partial charge on any atom is 0.416 e. The molecule has 1 aromatic heterocycles. The molecule has 25 heavy (non-hydrogen) atoms. The monoisotopic (exact) mass is 354 g/mol. The molecule has 0 bridgehead atoms. The smallest absolute Gasteiger partial charge is 0.354 e. The summed E-state index contributed by atoms with van der Waals surface area (Å²) < 4.78 is 37.6. The molecule has 9 heteroatoms. The maximum atomic E-state index is 12.5. The summed E-state index contributed by atoms with van der Waals surface area (Å²) in [7, 11) is 0. The zero-order valence-electron chi connectivity index (χ0n) is 13.6. The Balaban J connectivity index is 2.11. The van der Waals surface area contributed by atoms with Gasteiger partial charge >= 0.3 is 6.18 Å². The van der Waals surface area contributed by atoms with Crippen LogP contribution in [0.15, 0.2) is 29.1 Å². The van der Waals surface area contributed by atoms with Gasteiger partial charge in [0.25, 0.3) is 5.56 Å². The van der Waals surface area contributed by atoms with Crippen molar-refractivity contribution in [3.8, 4) is 11.4 Å². The number of benzene rings is 1. The minimum Gasteiger partial charge on any atom is -0.354 e. The molecule has 2 N–H and O–H groups in total. The van der Waals surface area contributed by atoms with Crippen molar-refractivity contribution in [2.75, 3.05) is 0 Å². The van der Waals surface area contributed by atoms with Gasteiger partial charge in [-0.2, -0.15) is 13.2 Å². The SMILES string of the molecule is CC(C)NC(=O)CCc1nnc(-c2ccc(C(F)(F)F)cc2)[nH]c1=O. The van der Waals surface area contributed by atoms with Crippen LogP contribution in [0.2, 0.25) is 0 Å². The van der Waals surface area contributed by atoms with Gasteiger partial charge < -0.3 is 10.3 Å². The Labute approximate surface area is 141 Å². The summed E-state index contributed by atoms with van der Waals surface area (Å²) in [4.78, 5) is 26.1. The molecule has 0 radical (unpaired) electrons. The van der Waals surface area contributed by atoms with E-state index in [1.54, 1.807) is 0 Å². The second kappa shape index (κ2) is 7.45. The Morgan fingerprint density at radius 2 is 1.84 bits per heavy atom. The fourth-order valence-electron chi connectivity index (χ4n) is 2.10. The van der Waals surface area contributed by atoms with E-state index in [0.717, 1.165) is 12.1 Å². The molecule has 0 aliphatic rings. The summed E-state index contributed by atoms with van der Waals surface area (Å²) in [6.07, 6.45) is -4.22. The molecule has 1 heterocycles. The predicted octanol–water partition coefficient (Wildman–Crippen LogP) is 2.31. The topological polar surface area (TPSA) is 87.7 Å². The average Bonchev–Trinajstić information content (AvgIpc) is 2.52. The van der Waals surface area contributed by atoms with Crippen LogP contribution in [0.3, 0.4) is 0 Å². The number of rotatable bonds is 5. The van der Waals surface area contributed by atoms with Gasteiger partial charge in [0, 0.05) is 24.4 Å². The van der Waals surface area contributed by atoms with E-state index >= 15 is 0 Å². The lowest BCUT2D eigenvalue weighted by atomic mass is 10.1. The molecule has 0 aliphatic carbocycles. The van der Waals surface area contributed by atoms with E-state index in [1.807, 2.05) is 13.8 Å². The maximum absolute atomic E-state index is 12.5. The van der Waals surface area contributed by atoms with E-state index in [0.29, 0.717) is 5.56 Å². The van der Waals surface area contributed by atoms with Crippen molar-refractivity contribution in [3.05, 3.63) is 45.9 Å². The highest BCUT2D eigenvalue weighted by atomic mass is 19.4. The molecule has 2 aromatic rings. The van der Waals surface area contributed by atoms with Gasteiger partial charge in [-0.15, -0.1) is 10.2 Å². The molecule has 0 unspecified atom stereocenters. The average molecular weight is 354 g/mol. The van der Waals surface area contributed by atoms with Crippen molar-refractivity contribution >= 4 is 5.91 Å². The van der Waals surface area contributed by atoms with Crippen molar-refractivity contribution in [2.24, 2.45) is 0 Å². The summed E-state index contributed by atoms with van der Waals surface area (Å²) in [5, 5.41) is 10.3. The summed E-state index contributed by atoms with van der Waals surface area (Å²) in [6.45, 7) is 3.65. The highest BCUT2D eigenvalue weighted by Gasteiger charge is 2.30. The first-order valence-electron chi connectivity index (χ1n) is 7.59. The van der Waals surface area contributed by atoms with Crippen molar-refractivity contribution in [1.82, 2.24) is 20.5 Å². The quantitative estimate of drug-likeness (QED) is 0.862. The Morgan fingerprint density at radius 3 is 2.36 bits per heavy atom. The molecule has 1 amide bonds. The van der Waals surface area contributed by atoms with Gasteiger partial charge in [-0.25, -0.2) is 0 Å². The number of aromatic amines is 1. The molecule has 0 aliphatic heterocycles. The van der Waals surface area contributed by atoms with E-state index in [1.165, 1.54) is 12.1 Å². The van der Waals surface area contributed by atoms with Crippen LogP contribution in [0.5, 0.6) is 0 Å². The summed E-state index contributed by atoms with van der Waals surface area (Å²) in [6, 6.07) is 4.22. The van der Waals surface area contributed by atoms with Crippen LogP contribution in [0, 0.1) is 0 Å². The van der Waals surface area contributed by atoms with Crippen LogP contribution in [-0.4, -0.2) is 27.1 Å². The zero-order chi connectivity index (χ0) is 18.6. The molecule has 0 fully saturated rings. The lowest BCUT2D eigenvalue weighted by Crippen LogP contribution is -2.31. The summed E-state index contributed by atoms with van der Waals surface area (Å²) in [5.41, 5.74) is -0.919. The highest BCUT2D eigenvalue weighted by Crippen LogP contribution is 2.30. The van der Waals surface area contributed by atoms with Gasteiger partial charge in [0.15, 0.2) is 5.82 Å². The largest absolute Gasteiger partial charge is 0.416 e. The Hall–Kier alpha value is -2.71. The normalized spacial score (nSPS) is 11.6. The Morgan fingerprint density at radius 1 is 1.20 bits per heavy atom. The number of halogens is 3. The number of nitrogens with one attached hydrogen (secondary N) is 2. The first-order chi connectivity index (χ1) is 11.7. The molecule has 134 valence electrons. The fraction of sp³-hybridized carbons (Fsp3) is 0.375. The highest BCUT2D eigenvalue weighted by molar-refractivity contribution is 5.76. The molecular weight excluding hydrogens is 337 g/mol. The molecule has 1 aromatic carbocycles. The number of hydrogen-bond acceptors (Lipinski definition) is 4. The third-order valence-corrected chi connectivity index (χ3v) is 3.29. The lowest BCUT2D eigenvalue weighted by molar-refractivity contribution is -0.137. The summed E-state index contributed by atoms with van der Waals surface area (Å²) >= 11 is 0. The number of alkyl halides is 3. The molecule has 6 nitrogen and oxygen atoms in total. The van der Waals surface area contributed by atoms with Gasteiger partial charge in [-0.1, -0.05) is 12.1 Å².